The van der Waals surface area contributed by atoms with Gasteiger partial charge in [-0.25, -0.2) is 0 Å². The fraction of sp³-hybridized carbons (Fsp3) is 0.550. The molecule has 0 saturated carbocycles. The lowest BCUT2D eigenvalue weighted by Gasteiger charge is -2.36. The van der Waals surface area contributed by atoms with Crippen LogP contribution in [0.25, 0.3) is 6.08 Å². The first-order valence-electron chi connectivity index (χ1n) is 9.25. The molecule has 0 spiro atoms. The SMILES string of the molecule is COc1ccc(C=CC(=O)N2CCC(N3CCCC3)CC2)c(Cl)c1OC. The summed E-state index contributed by atoms with van der Waals surface area (Å²) in [6.07, 6.45) is 8.11. The highest BCUT2D eigenvalue weighted by molar-refractivity contribution is 6.33. The Hall–Kier alpha value is -1.72. The molecule has 0 unspecified atom stereocenters. The summed E-state index contributed by atoms with van der Waals surface area (Å²) < 4.78 is 10.5. The number of piperidine rings is 1. The fourth-order valence-corrected chi connectivity index (χ4v) is 4.15. The number of likely N-dealkylation sites (tertiary alicyclic amines) is 2. The van der Waals surface area contributed by atoms with E-state index in [0.717, 1.165) is 31.5 Å². The van der Waals surface area contributed by atoms with Gasteiger partial charge in [-0.2, -0.15) is 0 Å². The maximum atomic E-state index is 12.5. The van der Waals surface area contributed by atoms with Crippen molar-refractivity contribution in [3.05, 3.63) is 28.8 Å². The van der Waals surface area contributed by atoms with Gasteiger partial charge in [-0.1, -0.05) is 11.6 Å². The van der Waals surface area contributed by atoms with Crippen LogP contribution in [0.4, 0.5) is 0 Å². The maximum absolute atomic E-state index is 12.5. The number of methoxy groups -OCH3 is 2. The van der Waals surface area contributed by atoms with Gasteiger partial charge < -0.3 is 19.3 Å². The Bertz CT molecular complexity index is 663. The van der Waals surface area contributed by atoms with E-state index in [1.807, 2.05) is 11.0 Å². The van der Waals surface area contributed by atoms with E-state index in [4.69, 9.17) is 21.1 Å². The highest BCUT2D eigenvalue weighted by atomic mass is 35.5. The number of amides is 1. The number of carbonyl (C=O) groups is 1. The zero-order valence-corrected chi connectivity index (χ0v) is 16.3. The van der Waals surface area contributed by atoms with Crippen LogP contribution in [0.3, 0.4) is 0 Å². The maximum Gasteiger partial charge on any atom is 0.246 e. The van der Waals surface area contributed by atoms with Gasteiger partial charge >= 0.3 is 0 Å². The van der Waals surface area contributed by atoms with Gasteiger partial charge in [-0.3, -0.25) is 4.79 Å². The first-order valence-corrected chi connectivity index (χ1v) is 9.63. The van der Waals surface area contributed by atoms with Crippen LogP contribution in [-0.2, 0) is 4.79 Å². The molecule has 142 valence electrons. The molecule has 0 aromatic heterocycles. The van der Waals surface area contributed by atoms with Crippen LogP contribution >= 0.6 is 11.6 Å². The molecule has 6 heteroatoms. The molecule has 1 aromatic carbocycles. The molecule has 2 aliphatic rings. The van der Waals surface area contributed by atoms with Gasteiger partial charge in [0.05, 0.1) is 19.2 Å². The number of carbonyl (C=O) groups excluding carboxylic acids is 1. The third-order valence-electron chi connectivity index (χ3n) is 5.35. The quantitative estimate of drug-likeness (QED) is 0.736. The molecule has 0 N–H and O–H groups in total. The molecular formula is C20H27ClN2O3. The molecule has 5 nitrogen and oxygen atoms in total. The normalized spacial score (nSPS) is 19.3. The molecule has 0 atom stereocenters. The first-order chi connectivity index (χ1) is 12.6. The second-order valence-corrected chi connectivity index (χ2v) is 7.22. The second kappa shape index (κ2) is 8.78. The molecule has 2 heterocycles. The second-order valence-electron chi connectivity index (χ2n) is 6.84. The summed E-state index contributed by atoms with van der Waals surface area (Å²) in [7, 11) is 3.12. The molecule has 26 heavy (non-hydrogen) atoms. The number of nitrogens with zero attached hydrogens (tertiary/aromatic N) is 2. The minimum Gasteiger partial charge on any atom is -0.493 e. The predicted octanol–water partition coefficient (Wildman–Crippen LogP) is 3.46. The average molecular weight is 379 g/mol. The third-order valence-corrected chi connectivity index (χ3v) is 5.74. The lowest BCUT2D eigenvalue weighted by molar-refractivity contribution is -0.127. The first kappa shape index (κ1) is 19.1. The molecule has 0 radical (unpaired) electrons. The standard InChI is InChI=1S/C20H27ClN2O3/c1-25-17-7-5-15(19(21)20(17)26-2)6-8-18(24)23-13-9-16(10-14-23)22-11-3-4-12-22/h5-8,16H,3-4,9-14H2,1-2H3. The van der Waals surface area contributed by atoms with Gasteiger partial charge in [-0.05, 0) is 62.5 Å². The number of benzene rings is 1. The van der Waals surface area contributed by atoms with E-state index >= 15 is 0 Å². The van der Waals surface area contributed by atoms with Gasteiger partial charge in [0.15, 0.2) is 11.5 Å². The highest BCUT2D eigenvalue weighted by Crippen LogP contribution is 2.37. The van der Waals surface area contributed by atoms with Crippen molar-refractivity contribution in [3.63, 3.8) is 0 Å². The number of ether oxygens (including phenoxy) is 2. The van der Waals surface area contributed by atoms with Gasteiger partial charge in [0.25, 0.3) is 0 Å². The topological polar surface area (TPSA) is 42.0 Å². The zero-order chi connectivity index (χ0) is 18.5. The van der Waals surface area contributed by atoms with Crippen molar-refractivity contribution < 1.29 is 14.3 Å². The summed E-state index contributed by atoms with van der Waals surface area (Å²) in [5.41, 5.74) is 0.740. The van der Waals surface area contributed by atoms with E-state index in [-0.39, 0.29) is 5.91 Å². The average Bonchev–Trinajstić information content (AvgIpc) is 3.21. The monoisotopic (exact) mass is 378 g/mol. The molecule has 2 aliphatic heterocycles. The van der Waals surface area contributed by atoms with Crippen LogP contribution in [0, 0.1) is 0 Å². The van der Waals surface area contributed by atoms with Crippen molar-refractivity contribution in [2.24, 2.45) is 0 Å². The minimum absolute atomic E-state index is 0.0377. The molecule has 2 fully saturated rings. The van der Waals surface area contributed by atoms with Crippen LogP contribution in [0.5, 0.6) is 11.5 Å². The van der Waals surface area contributed by atoms with Crippen molar-refractivity contribution in [2.75, 3.05) is 40.4 Å². The summed E-state index contributed by atoms with van der Waals surface area (Å²) in [4.78, 5) is 17.0. The van der Waals surface area contributed by atoms with E-state index in [0.29, 0.717) is 22.6 Å². The van der Waals surface area contributed by atoms with Crippen LogP contribution in [-0.4, -0.2) is 62.1 Å². The number of hydrogen-bond acceptors (Lipinski definition) is 4. The smallest absolute Gasteiger partial charge is 0.246 e. The molecular weight excluding hydrogens is 352 g/mol. The largest absolute Gasteiger partial charge is 0.493 e. The molecule has 2 saturated heterocycles. The Morgan fingerprint density at radius 3 is 2.42 bits per heavy atom. The van der Waals surface area contributed by atoms with Crippen LogP contribution in [0.2, 0.25) is 5.02 Å². The summed E-state index contributed by atoms with van der Waals surface area (Å²) in [6, 6.07) is 4.26. The third kappa shape index (κ3) is 4.15. The van der Waals surface area contributed by atoms with Gasteiger partial charge in [0.2, 0.25) is 5.91 Å². The molecule has 1 amide bonds. The Morgan fingerprint density at radius 2 is 1.81 bits per heavy atom. The lowest BCUT2D eigenvalue weighted by atomic mass is 10.0. The van der Waals surface area contributed by atoms with Crippen molar-refractivity contribution in [1.29, 1.82) is 0 Å². The van der Waals surface area contributed by atoms with Crippen LogP contribution < -0.4 is 9.47 Å². The van der Waals surface area contributed by atoms with Gasteiger partial charge in [0, 0.05) is 25.2 Å². The predicted molar refractivity (Wildman–Crippen MR) is 104 cm³/mol. The Kier molecular flexibility index (Phi) is 6.43. The Balaban J connectivity index is 1.60. The van der Waals surface area contributed by atoms with Crippen LogP contribution in [0.15, 0.2) is 18.2 Å². The van der Waals surface area contributed by atoms with E-state index in [2.05, 4.69) is 4.90 Å². The van der Waals surface area contributed by atoms with E-state index in [1.54, 1.807) is 32.4 Å². The summed E-state index contributed by atoms with van der Waals surface area (Å²) >= 11 is 6.37. The van der Waals surface area contributed by atoms with Crippen molar-refractivity contribution >= 4 is 23.6 Å². The van der Waals surface area contributed by atoms with Gasteiger partial charge in [-0.15, -0.1) is 0 Å². The van der Waals surface area contributed by atoms with Crippen molar-refractivity contribution in [1.82, 2.24) is 9.80 Å². The number of halogens is 1. The number of rotatable bonds is 5. The van der Waals surface area contributed by atoms with Crippen molar-refractivity contribution in [2.45, 2.75) is 31.7 Å². The summed E-state index contributed by atoms with van der Waals surface area (Å²) in [5, 5.41) is 0.448. The fourth-order valence-electron chi connectivity index (χ4n) is 3.86. The summed E-state index contributed by atoms with van der Waals surface area (Å²) in [6.45, 7) is 4.08. The Labute approximate surface area is 160 Å². The summed E-state index contributed by atoms with van der Waals surface area (Å²) in [5.74, 6) is 1.09. The molecule has 3 rings (SSSR count). The lowest BCUT2D eigenvalue weighted by Crippen LogP contribution is -2.45. The molecule has 0 bridgehead atoms. The van der Waals surface area contributed by atoms with Gasteiger partial charge in [0.1, 0.15) is 0 Å². The number of hydrogen-bond donors (Lipinski definition) is 0. The zero-order valence-electron chi connectivity index (χ0n) is 15.5. The Morgan fingerprint density at radius 1 is 1.12 bits per heavy atom. The minimum atomic E-state index is 0.0377. The van der Waals surface area contributed by atoms with Crippen LogP contribution in [0.1, 0.15) is 31.2 Å². The van der Waals surface area contributed by atoms with Crippen molar-refractivity contribution in [3.8, 4) is 11.5 Å². The van der Waals surface area contributed by atoms with E-state index in [1.165, 1.54) is 25.9 Å². The molecule has 1 aromatic rings. The van der Waals surface area contributed by atoms with E-state index < -0.39 is 0 Å². The van der Waals surface area contributed by atoms with E-state index in [9.17, 15) is 4.79 Å². The molecule has 0 aliphatic carbocycles. The highest BCUT2D eigenvalue weighted by Gasteiger charge is 2.27.